The molecular formula is C13H18N3O10S2+. The molecular weight excluding hydrogens is 422 g/mol. The van der Waals surface area contributed by atoms with E-state index in [-0.39, 0.29) is 0 Å². The molecule has 15 heteroatoms. The zero-order valence-corrected chi connectivity index (χ0v) is 16.5. The van der Waals surface area contributed by atoms with E-state index in [4.69, 9.17) is 9.02 Å². The monoisotopic (exact) mass is 440 g/mol. The number of nitrogens with zero attached hydrogens (tertiary/aromatic N) is 3. The molecule has 1 aliphatic heterocycles. The Morgan fingerprint density at radius 3 is 2.21 bits per heavy atom. The van der Waals surface area contributed by atoms with Crippen LogP contribution in [0.15, 0.2) is 17.0 Å². The fourth-order valence-electron chi connectivity index (χ4n) is 2.66. The smallest absolute Gasteiger partial charge is 0.352 e. The molecule has 0 saturated carbocycles. The lowest BCUT2D eigenvalue weighted by atomic mass is 10.2. The molecule has 2 rings (SSSR count). The molecule has 1 heterocycles. The molecule has 0 aromatic heterocycles. The zero-order chi connectivity index (χ0) is 21.5. The van der Waals surface area contributed by atoms with Crippen LogP contribution in [0.3, 0.4) is 0 Å². The van der Waals surface area contributed by atoms with Gasteiger partial charge in [-0.25, -0.2) is 0 Å². The van der Waals surface area contributed by atoms with Crippen LogP contribution in [-0.2, 0) is 19.1 Å². The van der Waals surface area contributed by atoms with Crippen LogP contribution in [0.2, 0.25) is 0 Å². The number of ether oxygens (including phenoxy) is 1. The second-order valence-corrected chi connectivity index (χ2v) is 13.1. The van der Waals surface area contributed by atoms with Crippen molar-refractivity contribution in [1.82, 2.24) is 0 Å². The van der Waals surface area contributed by atoms with Crippen molar-refractivity contribution in [3.8, 4) is 0 Å². The third-order valence-electron chi connectivity index (χ3n) is 3.92. The Balaban J connectivity index is 2.69. The average molecular weight is 440 g/mol. The number of hydrogen-bond donors (Lipinski definition) is 1. The van der Waals surface area contributed by atoms with Gasteiger partial charge in [0.2, 0.25) is 0 Å². The van der Waals surface area contributed by atoms with Gasteiger partial charge in [-0.1, -0.05) is 5.87 Å². The van der Waals surface area contributed by atoms with E-state index in [0.29, 0.717) is 31.6 Å². The third kappa shape index (κ3) is 4.32. The minimum atomic E-state index is -5.32. The molecule has 13 nitrogen and oxygen atoms in total. The molecule has 0 spiro atoms. The van der Waals surface area contributed by atoms with Crippen molar-refractivity contribution >= 4 is 42.1 Å². The highest BCUT2D eigenvalue weighted by atomic mass is 32.3. The lowest BCUT2D eigenvalue weighted by molar-refractivity contribution is -0.699. The number of nitro groups is 2. The Labute approximate surface area is 158 Å². The molecule has 1 saturated heterocycles. The lowest BCUT2D eigenvalue weighted by Crippen LogP contribution is -2.27. The Morgan fingerprint density at radius 2 is 1.79 bits per heavy atom. The largest absolute Gasteiger partial charge is 0.366 e. The summed E-state index contributed by atoms with van der Waals surface area (Å²) >= 11 is 0. The second kappa shape index (κ2) is 6.84. The number of non-ortho nitro benzene ring substituents is 1. The van der Waals surface area contributed by atoms with Gasteiger partial charge in [0.05, 0.1) is 20.8 Å². The van der Waals surface area contributed by atoms with Crippen molar-refractivity contribution in [2.24, 2.45) is 0 Å². The van der Waals surface area contributed by atoms with Gasteiger partial charge in [0.25, 0.3) is 15.5 Å². The van der Waals surface area contributed by atoms with Crippen molar-refractivity contribution in [2.75, 3.05) is 19.1 Å². The maximum Gasteiger partial charge on any atom is 0.352 e. The van der Waals surface area contributed by atoms with Gasteiger partial charge < -0.3 is 4.74 Å². The van der Waals surface area contributed by atoms with Crippen LogP contribution in [0.5, 0.6) is 0 Å². The fourth-order valence-corrected chi connectivity index (χ4v) is 5.50. The highest BCUT2D eigenvalue weighted by molar-refractivity contribution is 8.42. The molecule has 156 valence electrons. The highest BCUT2D eigenvalue weighted by Gasteiger charge is 2.46. The van der Waals surface area contributed by atoms with Crippen LogP contribution < -0.4 is 0 Å². The summed E-state index contributed by atoms with van der Waals surface area (Å²) in [5.41, 5.74) is -3.99. The molecule has 1 aromatic carbocycles. The Morgan fingerprint density at radius 1 is 1.21 bits per heavy atom. The second-order valence-electron chi connectivity index (χ2n) is 6.75. The summed E-state index contributed by atoms with van der Waals surface area (Å²) < 4.78 is 43.6. The van der Waals surface area contributed by atoms with Crippen molar-refractivity contribution in [2.45, 2.75) is 23.2 Å². The van der Waals surface area contributed by atoms with Gasteiger partial charge in [-0.2, -0.15) is 12.7 Å². The number of nitro benzene ring substituents is 2. The third-order valence-corrected chi connectivity index (χ3v) is 7.49. The quantitative estimate of drug-likeness (QED) is 0.286. The Hall–Kier alpha value is -2.49. The van der Waals surface area contributed by atoms with E-state index >= 15 is 0 Å². The van der Waals surface area contributed by atoms with Crippen LogP contribution in [0.1, 0.15) is 12.8 Å². The molecule has 1 fully saturated rings. The minimum Gasteiger partial charge on any atom is -0.366 e. The first-order chi connectivity index (χ1) is 12.6. The summed E-state index contributed by atoms with van der Waals surface area (Å²) in [4.78, 5) is 30.7. The van der Waals surface area contributed by atoms with Crippen LogP contribution in [0.4, 0.5) is 17.1 Å². The van der Waals surface area contributed by atoms with Gasteiger partial charge in [0.15, 0.2) is 0 Å². The summed E-state index contributed by atoms with van der Waals surface area (Å²) in [6.07, 6.45) is 4.15. The van der Waals surface area contributed by atoms with E-state index in [0.717, 1.165) is 0 Å². The average Bonchev–Trinajstić information content (AvgIpc) is 3.07. The van der Waals surface area contributed by atoms with Crippen molar-refractivity contribution < 1.29 is 36.8 Å². The molecule has 0 aliphatic carbocycles. The van der Waals surface area contributed by atoms with Crippen LogP contribution in [0, 0.1) is 25.1 Å². The molecule has 1 atom stereocenters. The number of benzene rings is 1. The van der Waals surface area contributed by atoms with Crippen molar-refractivity contribution in [1.29, 1.82) is 0 Å². The molecule has 1 unspecified atom stereocenters. The summed E-state index contributed by atoms with van der Waals surface area (Å²) in [6, 6.07) is 0.780. The molecule has 1 aliphatic rings. The molecule has 28 heavy (non-hydrogen) atoms. The molecule has 1 N–H and O–H groups in total. The van der Waals surface area contributed by atoms with Gasteiger partial charge >= 0.3 is 21.5 Å². The van der Waals surface area contributed by atoms with Gasteiger partial charge in [0.1, 0.15) is 11.5 Å². The topological polar surface area (TPSA) is 179 Å². The predicted molar refractivity (Wildman–Crippen MR) is 99.5 cm³/mol. The van der Waals surface area contributed by atoms with Crippen LogP contribution >= 0.6 is 9.03 Å². The normalized spacial score (nSPS) is 18.8. The predicted octanol–water partition coefficient (Wildman–Crippen LogP) is 2.18. The van der Waals surface area contributed by atoms with Crippen molar-refractivity contribution in [3.63, 3.8) is 0 Å². The first kappa shape index (κ1) is 21.8. The highest BCUT2D eigenvalue weighted by Crippen LogP contribution is 2.59. The summed E-state index contributed by atoms with van der Waals surface area (Å²) in [5, 5.41) is 22.2. The minimum absolute atomic E-state index is 0.320. The summed E-state index contributed by atoms with van der Waals surface area (Å²) in [7, 11) is -8.68. The molecule has 0 radical (unpaired) electrons. The lowest BCUT2D eigenvalue weighted by Gasteiger charge is -2.38. The standard InChI is InChI=1S/C13H17N3O10S2/c1-28(2,3,12-5-4-6-25-12)26-16(21)11-8-9(14(17)18)7-10(15(19)20)13(11)27(22,23)24/h7-8,12H,1,4-6H2,2-3H3/p+1. The van der Waals surface area contributed by atoms with E-state index < -0.39 is 61.3 Å². The number of hydrogen-bond acceptors (Lipinski definition) is 9. The van der Waals surface area contributed by atoms with Gasteiger partial charge in [-0.05, 0) is 34.4 Å². The maximum absolute atomic E-state index is 12.6. The Bertz CT molecular complexity index is 1040. The van der Waals surface area contributed by atoms with Gasteiger partial charge in [-0.3, -0.25) is 24.8 Å². The van der Waals surface area contributed by atoms with E-state index in [1.165, 1.54) is 12.5 Å². The summed E-state index contributed by atoms with van der Waals surface area (Å²) in [5.74, 6) is 3.90. The molecule has 0 bridgehead atoms. The van der Waals surface area contributed by atoms with E-state index in [2.05, 4.69) is 5.87 Å². The SMILES string of the molecule is C=S(C)(C)(O[N+](=O)c1cc([N+](=O)[O-])cc([N+](=O)[O-])c1S(=O)(=O)O)C1CCCO1. The first-order valence-corrected chi connectivity index (χ1v) is 12.0. The van der Waals surface area contributed by atoms with Crippen molar-refractivity contribution in [3.05, 3.63) is 37.3 Å². The molecule has 1 aromatic rings. The van der Waals surface area contributed by atoms with E-state index in [9.17, 15) is 38.1 Å². The van der Waals surface area contributed by atoms with E-state index in [1.54, 1.807) is 0 Å². The van der Waals surface area contributed by atoms with E-state index in [1.807, 2.05) is 0 Å². The Kier molecular flexibility index (Phi) is 5.33. The summed E-state index contributed by atoms with van der Waals surface area (Å²) in [6.45, 7) is 0.398. The number of rotatable bonds is 7. The first-order valence-electron chi connectivity index (χ1n) is 7.58. The van der Waals surface area contributed by atoms with Gasteiger partial charge in [0, 0.05) is 6.61 Å². The van der Waals surface area contributed by atoms with Crippen LogP contribution in [0.25, 0.3) is 0 Å². The van der Waals surface area contributed by atoms with Gasteiger partial charge in [-0.15, -0.1) is 0 Å². The fraction of sp³-hybridized carbons (Fsp3) is 0.462. The molecule has 0 amide bonds. The zero-order valence-electron chi connectivity index (χ0n) is 14.8. The maximum atomic E-state index is 12.6. The van der Waals surface area contributed by atoms with Crippen LogP contribution in [-0.4, -0.2) is 58.2 Å².